The highest BCUT2D eigenvalue weighted by Crippen LogP contribution is 2.41. The van der Waals surface area contributed by atoms with Crippen molar-refractivity contribution < 1.29 is 10.2 Å². The van der Waals surface area contributed by atoms with E-state index >= 15 is 0 Å². The molecular formula is C30H35N5O2. The molecule has 0 spiro atoms. The fourth-order valence-corrected chi connectivity index (χ4v) is 7.12. The number of nitrogen functional groups attached to an aromatic ring is 1. The molecule has 3 aliphatic rings. The summed E-state index contributed by atoms with van der Waals surface area (Å²) in [5.74, 6) is 2.17. The zero-order valence-corrected chi connectivity index (χ0v) is 21.1. The quantitative estimate of drug-likeness (QED) is 0.377. The summed E-state index contributed by atoms with van der Waals surface area (Å²) >= 11 is 0. The van der Waals surface area contributed by atoms with Gasteiger partial charge >= 0.3 is 0 Å². The number of aliphatic hydroxyl groups excluding tert-OH is 2. The molecule has 37 heavy (non-hydrogen) atoms. The van der Waals surface area contributed by atoms with Gasteiger partial charge < -0.3 is 20.5 Å². The van der Waals surface area contributed by atoms with Crippen LogP contribution in [0.1, 0.15) is 61.4 Å². The minimum atomic E-state index is -0.842. The Hall–Kier alpha value is -3.03. The van der Waals surface area contributed by atoms with Crippen LogP contribution < -0.4 is 5.73 Å². The van der Waals surface area contributed by atoms with Gasteiger partial charge in [-0.05, 0) is 85.6 Å². The number of nitrogens with zero attached hydrogens (tertiary/aromatic N) is 4. The molecule has 0 radical (unpaired) electrons. The molecule has 0 aliphatic heterocycles. The number of aryl methyl sites for hydroxylation is 2. The largest absolute Gasteiger partial charge is 0.390 e. The van der Waals surface area contributed by atoms with E-state index in [0.717, 1.165) is 42.0 Å². The third-order valence-electron chi connectivity index (χ3n) is 9.58. The van der Waals surface area contributed by atoms with Gasteiger partial charge in [-0.1, -0.05) is 31.4 Å². The topological polar surface area (TPSA) is 110 Å². The summed E-state index contributed by atoms with van der Waals surface area (Å²) in [5, 5.41) is 23.8. The van der Waals surface area contributed by atoms with Crippen LogP contribution in [0.15, 0.2) is 42.9 Å². The number of aliphatic hydroxyl groups is 2. The number of rotatable bonds is 5. The first-order valence-corrected chi connectivity index (χ1v) is 13.9. The maximum atomic E-state index is 10.9. The van der Waals surface area contributed by atoms with Gasteiger partial charge in [0.1, 0.15) is 23.9 Å². The van der Waals surface area contributed by atoms with Crippen LogP contribution in [0.25, 0.3) is 21.9 Å². The Kier molecular flexibility index (Phi) is 5.66. The first-order valence-electron chi connectivity index (χ1n) is 13.9. The van der Waals surface area contributed by atoms with E-state index in [1.807, 2.05) is 16.8 Å². The van der Waals surface area contributed by atoms with Crippen LogP contribution in [-0.2, 0) is 19.3 Å². The first-order chi connectivity index (χ1) is 18.0. The smallest absolute Gasteiger partial charge is 0.145 e. The fourth-order valence-electron chi connectivity index (χ4n) is 7.12. The standard InChI is InChI=1S/C30H35N5O2/c31-29-23-10-11-35(30(23)33-16-32-29)26-15-22(27(36)28(26)37)7-5-17-4-6-20-13-21-9-8-19(18-2-1-3-18)14-25(21)34-24(20)12-17/h4,6,10-13,16,18-19,22,26-28,36-37H,1-3,5,7-9,14-15H2,(H2,31,32,33)/t19-,22+,26-,27-,28+/m1/s1. The minimum Gasteiger partial charge on any atom is -0.390 e. The average molecular weight is 498 g/mol. The molecule has 0 saturated heterocycles. The average Bonchev–Trinajstić information content (AvgIpc) is 3.42. The lowest BCUT2D eigenvalue weighted by Crippen LogP contribution is -2.29. The van der Waals surface area contributed by atoms with Gasteiger partial charge in [0.05, 0.1) is 23.0 Å². The Labute approximate surface area is 216 Å². The normalized spacial score (nSPS) is 28.0. The van der Waals surface area contributed by atoms with Gasteiger partial charge in [0.15, 0.2) is 0 Å². The number of nitrogens with two attached hydrogens (primary N) is 1. The summed E-state index contributed by atoms with van der Waals surface area (Å²) in [4.78, 5) is 13.6. The Bertz CT molecular complexity index is 1460. The van der Waals surface area contributed by atoms with Crippen molar-refractivity contribution in [2.24, 2.45) is 17.8 Å². The van der Waals surface area contributed by atoms with Gasteiger partial charge in [0.2, 0.25) is 0 Å². The van der Waals surface area contributed by atoms with Gasteiger partial charge in [-0.25, -0.2) is 9.97 Å². The van der Waals surface area contributed by atoms with E-state index in [2.05, 4.69) is 34.2 Å². The number of fused-ring (bicyclic) bond motifs is 3. The van der Waals surface area contributed by atoms with Gasteiger partial charge in [-0.15, -0.1) is 0 Å². The van der Waals surface area contributed by atoms with E-state index in [9.17, 15) is 10.2 Å². The summed E-state index contributed by atoms with van der Waals surface area (Å²) in [7, 11) is 0. The van der Waals surface area contributed by atoms with Crippen LogP contribution in [0.4, 0.5) is 5.82 Å². The molecule has 192 valence electrons. The Morgan fingerprint density at radius 3 is 2.73 bits per heavy atom. The second-order valence-corrected chi connectivity index (χ2v) is 11.6. The lowest BCUT2D eigenvalue weighted by Gasteiger charge is -2.36. The first kappa shape index (κ1) is 23.1. The second-order valence-electron chi connectivity index (χ2n) is 11.6. The maximum absolute atomic E-state index is 10.9. The highest BCUT2D eigenvalue weighted by Gasteiger charge is 2.42. The van der Waals surface area contributed by atoms with Gasteiger partial charge in [-0.3, -0.25) is 4.98 Å². The van der Waals surface area contributed by atoms with Crippen LogP contribution in [0.5, 0.6) is 0 Å². The molecule has 4 aromatic rings. The van der Waals surface area contributed by atoms with Crippen molar-refractivity contribution in [2.75, 3.05) is 5.73 Å². The van der Waals surface area contributed by atoms with Gasteiger partial charge in [0.25, 0.3) is 0 Å². The summed E-state index contributed by atoms with van der Waals surface area (Å²) in [5.41, 5.74) is 11.8. The maximum Gasteiger partial charge on any atom is 0.145 e. The van der Waals surface area contributed by atoms with E-state index in [0.29, 0.717) is 17.9 Å². The predicted molar refractivity (Wildman–Crippen MR) is 144 cm³/mol. The molecule has 0 amide bonds. The summed E-state index contributed by atoms with van der Waals surface area (Å²) in [6, 6.07) is 10.6. The van der Waals surface area contributed by atoms with Crippen LogP contribution in [0, 0.1) is 17.8 Å². The summed E-state index contributed by atoms with van der Waals surface area (Å²) in [6.07, 6.45) is 11.9. The molecular weight excluding hydrogens is 462 g/mol. The lowest BCUT2D eigenvalue weighted by molar-refractivity contribution is 0.00545. The zero-order valence-electron chi connectivity index (χ0n) is 21.1. The number of benzene rings is 1. The minimum absolute atomic E-state index is 0.00654. The van der Waals surface area contributed by atoms with E-state index in [1.54, 1.807) is 0 Å². The van der Waals surface area contributed by atoms with Gasteiger partial charge in [-0.2, -0.15) is 0 Å². The number of hydrogen-bond donors (Lipinski definition) is 3. The number of pyridine rings is 1. The molecule has 7 heteroatoms. The van der Waals surface area contributed by atoms with Crippen molar-refractivity contribution in [3.05, 3.63) is 59.7 Å². The number of hydrogen-bond acceptors (Lipinski definition) is 6. The van der Waals surface area contributed by atoms with Crippen LogP contribution in [0.3, 0.4) is 0 Å². The van der Waals surface area contributed by atoms with Crippen molar-refractivity contribution in [1.82, 2.24) is 19.5 Å². The van der Waals surface area contributed by atoms with Crippen LogP contribution >= 0.6 is 0 Å². The number of anilines is 1. The molecule has 3 aliphatic carbocycles. The molecule has 4 N–H and O–H groups in total. The van der Waals surface area contributed by atoms with Crippen molar-refractivity contribution in [3.8, 4) is 0 Å². The van der Waals surface area contributed by atoms with Crippen molar-refractivity contribution in [3.63, 3.8) is 0 Å². The van der Waals surface area contributed by atoms with E-state index < -0.39 is 12.2 Å². The highest BCUT2D eigenvalue weighted by atomic mass is 16.3. The highest BCUT2D eigenvalue weighted by molar-refractivity contribution is 5.86. The SMILES string of the molecule is Nc1ncnc2c1ccn2[C@@H]1C[C@H](CCc2ccc3cc4c(nc3c2)C[C@H](C2CCC2)CC4)[C@@H](O)[C@H]1O. The molecule has 3 aromatic heterocycles. The summed E-state index contributed by atoms with van der Waals surface area (Å²) < 4.78 is 1.95. The molecule has 3 heterocycles. The molecule has 2 saturated carbocycles. The van der Waals surface area contributed by atoms with Crippen molar-refractivity contribution in [1.29, 1.82) is 0 Å². The monoisotopic (exact) mass is 497 g/mol. The lowest BCUT2D eigenvalue weighted by atomic mass is 9.69. The third kappa shape index (κ3) is 3.99. The number of aromatic nitrogens is 4. The molecule has 7 nitrogen and oxygen atoms in total. The van der Waals surface area contributed by atoms with E-state index in [1.165, 1.54) is 60.6 Å². The Morgan fingerprint density at radius 2 is 1.89 bits per heavy atom. The summed E-state index contributed by atoms with van der Waals surface area (Å²) in [6.45, 7) is 0. The molecule has 1 aromatic carbocycles. The van der Waals surface area contributed by atoms with Crippen molar-refractivity contribution in [2.45, 2.75) is 76.0 Å². The fraction of sp³-hybridized carbons (Fsp3) is 0.500. The third-order valence-corrected chi connectivity index (χ3v) is 9.58. The molecule has 5 atom stereocenters. The van der Waals surface area contributed by atoms with Gasteiger partial charge in [0, 0.05) is 17.3 Å². The van der Waals surface area contributed by atoms with Crippen LogP contribution in [0.2, 0.25) is 0 Å². The molecule has 2 fully saturated rings. The second kappa shape index (κ2) is 9.07. The van der Waals surface area contributed by atoms with E-state index in [-0.39, 0.29) is 12.0 Å². The Morgan fingerprint density at radius 1 is 1.00 bits per heavy atom. The Balaban J connectivity index is 1.07. The van der Waals surface area contributed by atoms with E-state index in [4.69, 9.17) is 10.7 Å². The zero-order chi connectivity index (χ0) is 25.1. The predicted octanol–water partition coefficient (Wildman–Crippen LogP) is 4.38. The molecule has 0 bridgehead atoms. The molecule has 7 rings (SSSR count). The van der Waals surface area contributed by atoms with Crippen LogP contribution in [-0.4, -0.2) is 41.9 Å². The molecule has 0 unspecified atom stereocenters. The van der Waals surface area contributed by atoms with Crippen molar-refractivity contribution >= 4 is 27.8 Å².